The van der Waals surface area contributed by atoms with Crippen LogP contribution in [0.5, 0.6) is 0 Å². The Kier molecular flexibility index (Phi) is 5.78. The van der Waals surface area contributed by atoms with Gasteiger partial charge in [0.25, 0.3) is 0 Å². The molecule has 18 heavy (non-hydrogen) atoms. The predicted molar refractivity (Wildman–Crippen MR) is 70.2 cm³/mol. The first kappa shape index (κ1) is 14.6. The molecule has 3 nitrogen and oxygen atoms in total. The van der Waals surface area contributed by atoms with Crippen molar-refractivity contribution >= 4 is 5.91 Å². The van der Waals surface area contributed by atoms with Gasteiger partial charge < -0.3 is 11.1 Å². The lowest BCUT2D eigenvalue weighted by atomic mass is 9.96. The average molecular weight is 252 g/mol. The molecule has 0 bridgehead atoms. The van der Waals surface area contributed by atoms with E-state index in [1.54, 1.807) is 12.1 Å². The van der Waals surface area contributed by atoms with Crippen LogP contribution in [0.4, 0.5) is 4.39 Å². The summed E-state index contributed by atoms with van der Waals surface area (Å²) in [6, 6.07) is 6.09. The molecule has 0 spiro atoms. The van der Waals surface area contributed by atoms with Gasteiger partial charge in [-0.3, -0.25) is 4.79 Å². The highest BCUT2D eigenvalue weighted by Gasteiger charge is 2.17. The van der Waals surface area contributed by atoms with Gasteiger partial charge in [-0.25, -0.2) is 4.39 Å². The average Bonchev–Trinajstić information content (AvgIpc) is 2.34. The largest absolute Gasteiger partial charge is 0.352 e. The zero-order chi connectivity index (χ0) is 13.5. The summed E-state index contributed by atoms with van der Waals surface area (Å²) in [5, 5.41) is 2.83. The molecule has 0 aromatic heterocycles. The van der Waals surface area contributed by atoms with Crippen LogP contribution in [0.25, 0.3) is 0 Å². The molecule has 0 saturated carbocycles. The quantitative estimate of drug-likeness (QED) is 0.814. The van der Waals surface area contributed by atoms with E-state index in [4.69, 9.17) is 5.73 Å². The Morgan fingerprint density at radius 2 is 1.94 bits per heavy atom. The Morgan fingerprint density at radius 3 is 2.44 bits per heavy atom. The van der Waals surface area contributed by atoms with Crippen molar-refractivity contribution in [2.45, 2.75) is 26.8 Å². The number of carbonyl (C=O) groups is 1. The van der Waals surface area contributed by atoms with Gasteiger partial charge in [-0.2, -0.15) is 0 Å². The summed E-state index contributed by atoms with van der Waals surface area (Å²) < 4.78 is 12.7. The van der Waals surface area contributed by atoms with Crippen LogP contribution in [0.3, 0.4) is 0 Å². The van der Waals surface area contributed by atoms with E-state index >= 15 is 0 Å². The van der Waals surface area contributed by atoms with Crippen molar-refractivity contribution in [3.8, 4) is 0 Å². The number of hydrogen-bond donors (Lipinski definition) is 2. The Balaban J connectivity index is 2.46. The number of rotatable bonds is 6. The molecule has 0 aliphatic carbocycles. The van der Waals surface area contributed by atoms with Crippen LogP contribution in [0.1, 0.15) is 25.8 Å². The van der Waals surface area contributed by atoms with Crippen LogP contribution in [0.15, 0.2) is 24.3 Å². The van der Waals surface area contributed by atoms with Gasteiger partial charge in [0.05, 0.1) is 5.92 Å². The van der Waals surface area contributed by atoms with E-state index in [0.29, 0.717) is 19.0 Å². The van der Waals surface area contributed by atoms with Gasteiger partial charge in [0, 0.05) is 13.1 Å². The smallest absolute Gasteiger partial charge is 0.224 e. The second-order valence-electron chi connectivity index (χ2n) is 4.91. The highest BCUT2D eigenvalue weighted by Crippen LogP contribution is 2.11. The molecule has 4 heteroatoms. The van der Waals surface area contributed by atoms with Crippen LogP contribution >= 0.6 is 0 Å². The maximum absolute atomic E-state index is 12.7. The number of benzene rings is 1. The molecule has 0 fully saturated rings. The Morgan fingerprint density at radius 1 is 1.33 bits per heavy atom. The zero-order valence-corrected chi connectivity index (χ0v) is 10.9. The van der Waals surface area contributed by atoms with E-state index in [2.05, 4.69) is 19.2 Å². The van der Waals surface area contributed by atoms with Crippen LogP contribution in [0, 0.1) is 17.7 Å². The monoisotopic (exact) mass is 252 g/mol. The molecular weight excluding hydrogens is 231 g/mol. The molecular formula is C14H21FN2O. The standard InChI is InChI=1S/C14H21FN2O/c1-10(2)7-12(8-16)14(18)17-9-11-3-5-13(15)6-4-11/h3-6,10,12H,7-9,16H2,1-2H3,(H,17,18). The maximum Gasteiger partial charge on any atom is 0.224 e. The van der Waals surface area contributed by atoms with Crippen LogP contribution < -0.4 is 11.1 Å². The molecule has 0 aliphatic heterocycles. The summed E-state index contributed by atoms with van der Waals surface area (Å²) in [5.74, 6) is -0.0131. The molecule has 0 saturated heterocycles. The second kappa shape index (κ2) is 7.11. The summed E-state index contributed by atoms with van der Waals surface area (Å²) in [6.07, 6.45) is 0.783. The Hall–Kier alpha value is -1.42. The van der Waals surface area contributed by atoms with Gasteiger partial charge in [-0.05, 0) is 30.0 Å². The molecule has 0 radical (unpaired) electrons. The lowest BCUT2D eigenvalue weighted by Crippen LogP contribution is -2.35. The molecule has 0 heterocycles. The van der Waals surface area contributed by atoms with Crippen LogP contribution in [-0.2, 0) is 11.3 Å². The number of carbonyl (C=O) groups excluding carboxylic acids is 1. The number of nitrogens with two attached hydrogens (primary N) is 1. The van der Waals surface area contributed by atoms with Gasteiger partial charge in [0.15, 0.2) is 0 Å². The van der Waals surface area contributed by atoms with Crippen LogP contribution in [0.2, 0.25) is 0 Å². The molecule has 3 N–H and O–H groups in total. The fourth-order valence-corrected chi connectivity index (χ4v) is 1.82. The third-order valence-electron chi connectivity index (χ3n) is 2.79. The number of hydrogen-bond acceptors (Lipinski definition) is 2. The summed E-state index contributed by atoms with van der Waals surface area (Å²) in [6.45, 7) is 4.90. The number of amides is 1. The SMILES string of the molecule is CC(C)CC(CN)C(=O)NCc1ccc(F)cc1. The fourth-order valence-electron chi connectivity index (χ4n) is 1.82. The lowest BCUT2D eigenvalue weighted by molar-refractivity contribution is -0.125. The minimum atomic E-state index is -0.273. The highest BCUT2D eigenvalue weighted by molar-refractivity contribution is 5.78. The normalized spacial score (nSPS) is 12.5. The topological polar surface area (TPSA) is 55.1 Å². The molecule has 1 amide bonds. The summed E-state index contributed by atoms with van der Waals surface area (Å²) in [7, 11) is 0. The third kappa shape index (κ3) is 4.84. The van der Waals surface area contributed by atoms with Crippen LogP contribution in [-0.4, -0.2) is 12.5 Å². The van der Waals surface area contributed by atoms with Crippen molar-refractivity contribution in [3.05, 3.63) is 35.6 Å². The molecule has 1 rings (SSSR count). The number of nitrogens with one attached hydrogen (secondary N) is 1. The molecule has 1 atom stereocenters. The van der Waals surface area contributed by atoms with E-state index < -0.39 is 0 Å². The van der Waals surface area contributed by atoms with Gasteiger partial charge in [0.1, 0.15) is 5.82 Å². The van der Waals surface area contributed by atoms with E-state index in [1.165, 1.54) is 12.1 Å². The van der Waals surface area contributed by atoms with Crippen molar-refractivity contribution < 1.29 is 9.18 Å². The minimum absolute atomic E-state index is 0.0319. The molecule has 0 aliphatic rings. The lowest BCUT2D eigenvalue weighted by Gasteiger charge is -2.16. The summed E-state index contributed by atoms with van der Waals surface area (Å²) >= 11 is 0. The van der Waals surface area contributed by atoms with E-state index in [1.807, 2.05) is 0 Å². The number of halogens is 1. The van der Waals surface area contributed by atoms with E-state index in [0.717, 1.165) is 12.0 Å². The van der Waals surface area contributed by atoms with Gasteiger partial charge >= 0.3 is 0 Å². The van der Waals surface area contributed by atoms with Crippen molar-refractivity contribution in [1.29, 1.82) is 0 Å². The van der Waals surface area contributed by atoms with Gasteiger partial charge in [-0.15, -0.1) is 0 Å². The van der Waals surface area contributed by atoms with Crippen molar-refractivity contribution in [2.75, 3.05) is 6.54 Å². The maximum atomic E-state index is 12.7. The first-order chi connectivity index (χ1) is 8.52. The second-order valence-corrected chi connectivity index (χ2v) is 4.91. The molecule has 1 aromatic carbocycles. The predicted octanol–water partition coefficient (Wildman–Crippen LogP) is 2.06. The minimum Gasteiger partial charge on any atom is -0.352 e. The van der Waals surface area contributed by atoms with E-state index in [9.17, 15) is 9.18 Å². The van der Waals surface area contributed by atoms with Gasteiger partial charge in [0.2, 0.25) is 5.91 Å². The van der Waals surface area contributed by atoms with Crippen molar-refractivity contribution in [3.63, 3.8) is 0 Å². The van der Waals surface area contributed by atoms with E-state index in [-0.39, 0.29) is 17.6 Å². The summed E-state index contributed by atoms with van der Waals surface area (Å²) in [5.41, 5.74) is 6.48. The molecule has 1 unspecified atom stereocenters. The van der Waals surface area contributed by atoms with Crippen molar-refractivity contribution in [2.24, 2.45) is 17.6 Å². The molecule has 100 valence electrons. The molecule has 1 aromatic rings. The van der Waals surface area contributed by atoms with Crippen molar-refractivity contribution in [1.82, 2.24) is 5.32 Å². The Labute approximate surface area is 108 Å². The first-order valence-corrected chi connectivity index (χ1v) is 6.25. The highest BCUT2D eigenvalue weighted by atomic mass is 19.1. The summed E-state index contributed by atoms with van der Waals surface area (Å²) in [4.78, 5) is 11.9. The zero-order valence-electron chi connectivity index (χ0n) is 10.9. The van der Waals surface area contributed by atoms with Gasteiger partial charge in [-0.1, -0.05) is 26.0 Å². The first-order valence-electron chi connectivity index (χ1n) is 6.25. The fraction of sp³-hybridized carbons (Fsp3) is 0.500. The Bertz CT molecular complexity index is 376. The third-order valence-corrected chi connectivity index (χ3v) is 2.79.